The quantitative estimate of drug-likeness (QED) is 0.779. The summed E-state index contributed by atoms with van der Waals surface area (Å²) in [4.78, 5) is 11.5. The second kappa shape index (κ2) is 7.87. The molecule has 0 aliphatic rings. The minimum Gasteiger partial charge on any atom is -0.491 e. The van der Waals surface area contributed by atoms with Crippen molar-refractivity contribution >= 4 is 37.8 Å². The Bertz CT molecular complexity index is 427. The topological polar surface area (TPSA) is 58.6 Å². The Kier molecular flexibility index (Phi) is 6.82. The lowest BCUT2D eigenvalue weighted by atomic mass is 10.2. The van der Waals surface area contributed by atoms with E-state index in [-0.39, 0.29) is 18.6 Å². The van der Waals surface area contributed by atoms with Crippen LogP contribution in [0.15, 0.2) is 21.1 Å². The molecule has 6 heteroatoms. The number of hydrogen-bond donors (Lipinski definition) is 2. The standard InChI is InChI=1S/C13H17Br2NO3/c1-8(2)16-12(18)3-4-19-13-10(14)5-9(7-17)6-11(13)15/h5-6,8,17H,3-4,7H2,1-2H3,(H,16,18). The molecule has 106 valence electrons. The van der Waals surface area contributed by atoms with Gasteiger partial charge in [0.15, 0.2) is 0 Å². The summed E-state index contributed by atoms with van der Waals surface area (Å²) in [5, 5.41) is 11.9. The molecule has 0 spiro atoms. The van der Waals surface area contributed by atoms with Crippen molar-refractivity contribution in [1.29, 1.82) is 0 Å². The van der Waals surface area contributed by atoms with Crippen LogP contribution in [0.25, 0.3) is 0 Å². The molecule has 0 radical (unpaired) electrons. The maximum absolute atomic E-state index is 11.5. The van der Waals surface area contributed by atoms with Crippen LogP contribution in [0.3, 0.4) is 0 Å². The van der Waals surface area contributed by atoms with Crippen LogP contribution in [0.2, 0.25) is 0 Å². The molecule has 0 unspecified atom stereocenters. The van der Waals surface area contributed by atoms with Gasteiger partial charge in [-0.15, -0.1) is 0 Å². The molecule has 0 aliphatic heterocycles. The summed E-state index contributed by atoms with van der Waals surface area (Å²) in [6.45, 7) is 4.10. The first-order valence-corrected chi connectivity index (χ1v) is 7.53. The van der Waals surface area contributed by atoms with E-state index in [1.165, 1.54) is 0 Å². The van der Waals surface area contributed by atoms with Gasteiger partial charge in [0.25, 0.3) is 0 Å². The normalized spacial score (nSPS) is 10.6. The number of rotatable bonds is 6. The molecule has 19 heavy (non-hydrogen) atoms. The number of amides is 1. The maximum atomic E-state index is 11.5. The number of carbonyl (C=O) groups excluding carboxylic acids is 1. The molecule has 4 nitrogen and oxygen atoms in total. The van der Waals surface area contributed by atoms with Crippen LogP contribution in [-0.4, -0.2) is 23.7 Å². The molecule has 1 aromatic rings. The van der Waals surface area contributed by atoms with Crippen LogP contribution in [-0.2, 0) is 11.4 Å². The first kappa shape index (κ1) is 16.5. The molecule has 1 aromatic carbocycles. The van der Waals surface area contributed by atoms with Crippen LogP contribution in [0, 0.1) is 0 Å². The molecule has 0 saturated heterocycles. The molecule has 1 amide bonds. The van der Waals surface area contributed by atoms with Gasteiger partial charge in [-0.05, 0) is 63.4 Å². The summed E-state index contributed by atoms with van der Waals surface area (Å²) in [6.07, 6.45) is 0.304. The van der Waals surface area contributed by atoms with Crippen molar-refractivity contribution in [3.63, 3.8) is 0 Å². The fourth-order valence-corrected chi connectivity index (χ4v) is 2.99. The summed E-state index contributed by atoms with van der Waals surface area (Å²) >= 11 is 6.76. The molecule has 0 atom stereocenters. The monoisotopic (exact) mass is 393 g/mol. The highest BCUT2D eigenvalue weighted by Gasteiger charge is 2.10. The lowest BCUT2D eigenvalue weighted by Crippen LogP contribution is -2.31. The van der Waals surface area contributed by atoms with Gasteiger partial charge in [0.05, 0.1) is 28.6 Å². The van der Waals surface area contributed by atoms with Gasteiger partial charge in [-0.25, -0.2) is 0 Å². The number of ether oxygens (including phenoxy) is 1. The van der Waals surface area contributed by atoms with Gasteiger partial charge in [0.1, 0.15) is 5.75 Å². The zero-order valence-electron chi connectivity index (χ0n) is 10.9. The van der Waals surface area contributed by atoms with Crippen molar-refractivity contribution < 1.29 is 14.6 Å². The average molecular weight is 395 g/mol. The van der Waals surface area contributed by atoms with Crippen LogP contribution >= 0.6 is 31.9 Å². The van der Waals surface area contributed by atoms with Gasteiger partial charge < -0.3 is 15.2 Å². The van der Waals surface area contributed by atoms with E-state index in [2.05, 4.69) is 37.2 Å². The number of nitrogens with one attached hydrogen (secondary N) is 1. The van der Waals surface area contributed by atoms with E-state index in [0.29, 0.717) is 18.8 Å². The predicted molar refractivity (Wildman–Crippen MR) is 81.2 cm³/mol. The smallest absolute Gasteiger partial charge is 0.223 e. The Hall–Kier alpha value is -0.590. The lowest BCUT2D eigenvalue weighted by molar-refractivity contribution is -0.122. The number of hydrogen-bond acceptors (Lipinski definition) is 3. The molecule has 0 bridgehead atoms. The second-order valence-corrected chi connectivity index (χ2v) is 6.08. The Morgan fingerprint density at radius 3 is 2.42 bits per heavy atom. The van der Waals surface area contributed by atoms with Crippen LogP contribution in [0.4, 0.5) is 0 Å². The third kappa shape index (κ3) is 5.50. The van der Waals surface area contributed by atoms with E-state index in [1.807, 2.05) is 13.8 Å². The lowest BCUT2D eigenvalue weighted by Gasteiger charge is -2.12. The zero-order chi connectivity index (χ0) is 14.4. The first-order chi connectivity index (χ1) is 8.93. The summed E-state index contributed by atoms with van der Waals surface area (Å²) in [5.74, 6) is 0.601. The summed E-state index contributed by atoms with van der Waals surface area (Å²) in [5.41, 5.74) is 0.781. The number of halogens is 2. The van der Waals surface area contributed by atoms with Gasteiger partial charge in [0.2, 0.25) is 5.91 Å². The van der Waals surface area contributed by atoms with E-state index < -0.39 is 0 Å². The molecule has 2 N–H and O–H groups in total. The summed E-state index contributed by atoms with van der Waals surface area (Å²) < 4.78 is 7.07. The van der Waals surface area contributed by atoms with E-state index in [4.69, 9.17) is 9.84 Å². The van der Waals surface area contributed by atoms with E-state index in [0.717, 1.165) is 14.5 Å². The minimum atomic E-state index is -0.0335. The predicted octanol–water partition coefficient (Wildman–Crippen LogP) is 3.00. The van der Waals surface area contributed by atoms with Crippen molar-refractivity contribution in [3.8, 4) is 5.75 Å². The molecule has 0 heterocycles. The average Bonchev–Trinajstić information content (AvgIpc) is 2.31. The highest BCUT2D eigenvalue weighted by atomic mass is 79.9. The largest absolute Gasteiger partial charge is 0.491 e. The van der Waals surface area contributed by atoms with Gasteiger partial charge in [-0.3, -0.25) is 4.79 Å². The van der Waals surface area contributed by atoms with E-state index in [1.54, 1.807) is 12.1 Å². The highest BCUT2D eigenvalue weighted by molar-refractivity contribution is 9.11. The second-order valence-electron chi connectivity index (χ2n) is 4.37. The fourth-order valence-electron chi connectivity index (χ4n) is 1.48. The molecular weight excluding hydrogens is 378 g/mol. The van der Waals surface area contributed by atoms with Crippen molar-refractivity contribution in [2.75, 3.05) is 6.61 Å². The highest BCUT2D eigenvalue weighted by Crippen LogP contribution is 2.34. The molecule has 0 aliphatic carbocycles. The Labute approximate surface area is 129 Å². The van der Waals surface area contributed by atoms with Crippen molar-refractivity contribution in [3.05, 3.63) is 26.6 Å². The summed E-state index contributed by atoms with van der Waals surface area (Å²) in [6, 6.07) is 3.71. The number of aliphatic hydroxyl groups excluding tert-OH is 1. The van der Waals surface area contributed by atoms with E-state index >= 15 is 0 Å². The van der Waals surface area contributed by atoms with Crippen LogP contribution < -0.4 is 10.1 Å². The number of carbonyl (C=O) groups is 1. The molecule has 1 rings (SSSR count). The van der Waals surface area contributed by atoms with E-state index in [9.17, 15) is 4.79 Å². The third-order valence-electron chi connectivity index (χ3n) is 2.27. The molecule has 0 aromatic heterocycles. The maximum Gasteiger partial charge on any atom is 0.223 e. The van der Waals surface area contributed by atoms with Crippen LogP contribution in [0.1, 0.15) is 25.8 Å². The minimum absolute atomic E-state index is 0.0331. The molecule has 0 fully saturated rings. The van der Waals surface area contributed by atoms with Gasteiger partial charge >= 0.3 is 0 Å². The molecule has 0 saturated carbocycles. The molecular formula is C13H17Br2NO3. The SMILES string of the molecule is CC(C)NC(=O)CCOc1c(Br)cc(CO)cc1Br. The number of aliphatic hydroxyl groups is 1. The van der Waals surface area contributed by atoms with Crippen molar-refractivity contribution in [2.45, 2.75) is 32.9 Å². The number of benzene rings is 1. The van der Waals surface area contributed by atoms with Gasteiger partial charge in [0, 0.05) is 6.04 Å². The summed E-state index contributed by atoms with van der Waals surface area (Å²) in [7, 11) is 0. The van der Waals surface area contributed by atoms with Gasteiger partial charge in [-0.1, -0.05) is 0 Å². The fraction of sp³-hybridized carbons (Fsp3) is 0.462. The van der Waals surface area contributed by atoms with Gasteiger partial charge in [-0.2, -0.15) is 0 Å². The Morgan fingerprint density at radius 1 is 1.37 bits per heavy atom. The third-order valence-corrected chi connectivity index (χ3v) is 3.44. The van der Waals surface area contributed by atoms with Crippen molar-refractivity contribution in [2.24, 2.45) is 0 Å². The van der Waals surface area contributed by atoms with Crippen LogP contribution in [0.5, 0.6) is 5.75 Å². The van der Waals surface area contributed by atoms with Crippen molar-refractivity contribution in [1.82, 2.24) is 5.32 Å². The Balaban J connectivity index is 2.56. The zero-order valence-corrected chi connectivity index (χ0v) is 14.0. The first-order valence-electron chi connectivity index (χ1n) is 5.95. The Morgan fingerprint density at radius 2 is 1.95 bits per heavy atom.